The lowest BCUT2D eigenvalue weighted by Crippen LogP contribution is -2.16. The van der Waals surface area contributed by atoms with Gasteiger partial charge >= 0.3 is 6.36 Å². The van der Waals surface area contributed by atoms with Gasteiger partial charge in [-0.3, -0.25) is 0 Å². The molecule has 292 valence electrons. The van der Waals surface area contributed by atoms with E-state index in [1.54, 1.807) is 18.2 Å². The lowest BCUT2D eigenvalue weighted by Gasteiger charge is -2.22. The second kappa shape index (κ2) is 14.1. The maximum atomic E-state index is 15.1. The zero-order chi connectivity index (χ0) is 41.4. The minimum atomic E-state index is -4.80. The number of aryl methyl sites for hydroxylation is 1. The van der Waals surface area contributed by atoms with Crippen molar-refractivity contribution in [3.63, 3.8) is 0 Å². The highest BCUT2D eigenvalue weighted by Gasteiger charge is 2.31. The van der Waals surface area contributed by atoms with Crippen LogP contribution in [0.1, 0.15) is 5.56 Å². The molecule has 0 N–H and O–H groups in total. The molecule has 0 radical (unpaired) electrons. The molecule has 0 amide bonds. The lowest BCUT2D eigenvalue weighted by molar-refractivity contribution is -0.274. The second-order valence-electron chi connectivity index (χ2n) is 15.7. The summed E-state index contributed by atoms with van der Waals surface area (Å²) >= 11 is 0. The highest BCUT2D eigenvalue weighted by Crippen LogP contribution is 2.50. The topological polar surface area (TPSA) is 9.23 Å². The number of fused-ring (bicyclic) bond motifs is 8. The summed E-state index contributed by atoms with van der Waals surface area (Å²) in [5.74, 6) is -0.599. The Morgan fingerprint density at radius 3 is 1.36 bits per heavy atom. The van der Waals surface area contributed by atoms with Crippen LogP contribution in [-0.4, -0.2) is 6.36 Å². The van der Waals surface area contributed by atoms with Crippen LogP contribution in [0.4, 0.5) is 17.6 Å². The Hall–Kier alpha value is -7.50. The van der Waals surface area contributed by atoms with Gasteiger partial charge in [-0.2, -0.15) is 0 Å². The van der Waals surface area contributed by atoms with Gasteiger partial charge in [0.15, 0.2) is 0 Å². The van der Waals surface area contributed by atoms with Crippen molar-refractivity contribution in [2.75, 3.05) is 0 Å². The number of halogens is 4. The van der Waals surface area contributed by atoms with E-state index in [0.717, 1.165) is 104 Å². The van der Waals surface area contributed by atoms with Gasteiger partial charge in [0, 0.05) is 0 Å². The van der Waals surface area contributed by atoms with Crippen molar-refractivity contribution in [3.8, 4) is 50.3 Å². The molecule has 0 saturated heterocycles. The number of rotatable bonds is 5. The monoisotopic (exact) mass is 798 g/mol. The molecule has 11 aromatic carbocycles. The smallest absolute Gasteiger partial charge is 0.406 e. The fourth-order valence-corrected chi connectivity index (χ4v) is 9.32. The first-order chi connectivity index (χ1) is 29.7. The molecule has 11 aromatic rings. The van der Waals surface area contributed by atoms with E-state index >= 15 is 4.39 Å². The Morgan fingerprint density at radius 2 is 0.803 bits per heavy atom. The Balaban J connectivity index is 1.31. The molecule has 0 heterocycles. The van der Waals surface area contributed by atoms with E-state index in [4.69, 9.17) is 0 Å². The molecule has 0 atom stereocenters. The number of ether oxygens (including phenoxy) is 1. The molecule has 0 spiro atoms. The molecule has 0 aliphatic rings. The van der Waals surface area contributed by atoms with Gasteiger partial charge in [-0.15, -0.1) is 13.2 Å². The van der Waals surface area contributed by atoms with Crippen molar-refractivity contribution in [1.82, 2.24) is 0 Å². The van der Waals surface area contributed by atoms with Crippen molar-refractivity contribution < 1.29 is 22.3 Å². The summed E-state index contributed by atoms with van der Waals surface area (Å²) in [4.78, 5) is 0. The molecular weight excluding hydrogens is 765 g/mol. The van der Waals surface area contributed by atoms with Crippen LogP contribution < -0.4 is 4.74 Å². The third-order valence-electron chi connectivity index (χ3n) is 12.1. The Labute approximate surface area is 348 Å². The van der Waals surface area contributed by atoms with E-state index in [1.165, 1.54) is 29.1 Å². The summed E-state index contributed by atoms with van der Waals surface area (Å²) in [6.07, 6.45) is -4.80. The number of hydrogen-bond acceptors (Lipinski definition) is 1. The van der Waals surface area contributed by atoms with Crippen molar-refractivity contribution in [1.29, 1.82) is 0 Å². The van der Waals surface area contributed by atoms with E-state index in [-0.39, 0.29) is 11.6 Å². The summed E-state index contributed by atoms with van der Waals surface area (Å²) < 4.78 is 58.8. The lowest BCUT2D eigenvalue weighted by atomic mass is 9.81. The molecule has 0 aliphatic carbocycles. The van der Waals surface area contributed by atoms with Crippen LogP contribution in [0.2, 0.25) is 0 Å². The van der Waals surface area contributed by atoms with Gasteiger partial charge in [-0.1, -0.05) is 145 Å². The number of hydrogen-bond donors (Lipinski definition) is 0. The largest absolute Gasteiger partial charge is 0.573 e. The van der Waals surface area contributed by atoms with Gasteiger partial charge in [0.2, 0.25) is 0 Å². The van der Waals surface area contributed by atoms with Crippen LogP contribution in [0.3, 0.4) is 0 Å². The van der Waals surface area contributed by atoms with E-state index in [0.29, 0.717) is 0 Å². The Kier molecular flexibility index (Phi) is 8.43. The fraction of sp³-hybridized carbons (Fsp3) is 0.0357. The summed E-state index contributed by atoms with van der Waals surface area (Å²) in [6, 6.07) is 62.2. The van der Waals surface area contributed by atoms with Crippen molar-refractivity contribution in [3.05, 3.63) is 199 Å². The SMILES string of the molecule is Cc1ccc(-c2ccc3c(-c4cc5cc(F)ccc5c5ccccc45)c4cc(-c5ccc(OC(F)(F)F)cc5)ccc4c(-c4cc5ccccc5c5ccccc45)c3c2)cc1. The predicted octanol–water partition coefficient (Wildman–Crippen LogP) is 16.6. The molecule has 0 aromatic heterocycles. The van der Waals surface area contributed by atoms with Crippen LogP contribution in [0.15, 0.2) is 188 Å². The summed E-state index contributed by atoms with van der Waals surface area (Å²) in [6.45, 7) is 2.09. The first-order valence-corrected chi connectivity index (χ1v) is 20.2. The maximum Gasteiger partial charge on any atom is 0.573 e. The number of alkyl halides is 3. The molecule has 0 fully saturated rings. The van der Waals surface area contributed by atoms with E-state index in [2.05, 4.69) is 139 Å². The minimum Gasteiger partial charge on any atom is -0.406 e. The van der Waals surface area contributed by atoms with Crippen LogP contribution in [0, 0.1) is 12.7 Å². The summed E-state index contributed by atoms with van der Waals surface area (Å²) in [7, 11) is 0. The molecule has 5 heteroatoms. The van der Waals surface area contributed by atoms with Gasteiger partial charge in [-0.05, 0) is 165 Å². The first kappa shape index (κ1) is 36.6. The average Bonchev–Trinajstić information content (AvgIpc) is 3.27. The fourth-order valence-electron chi connectivity index (χ4n) is 9.32. The zero-order valence-electron chi connectivity index (χ0n) is 32.8. The Bertz CT molecular complexity index is 3550. The van der Waals surface area contributed by atoms with Gasteiger partial charge in [0.05, 0.1) is 0 Å². The van der Waals surface area contributed by atoms with Crippen LogP contribution in [0.25, 0.3) is 109 Å². The molecule has 0 bridgehead atoms. The van der Waals surface area contributed by atoms with Crippen molar-refractivity contribution >= 4 is 64.6 Å². The van der Waals surface area contributed by atoms with Crippen molar-refractivity contribution in [2.45, 2.75) is 13.3 Å². The summed E-state index contributed by atoms with van der Waals surface area (Å²) in [5, 5.41) is 12.4. The van der Waals surface area contributed by atoms with Crippen LogP contribution in [0.5, 0.6) is 5.75 Å². The standard InChI is InChI=1S/C56H34F4O/c1-33-14-16-34(17-15-33)36-20-25-49-52(29-36)54(50-31-38-8-2-3-9-42(38)44-10-4-6-12-46(44)50)48-26-21-37(35-18-23-41(24-19-35)61-56(58,59)60)30-53(48)55(49)51-32-39-28-40(57)22-27-43(39)45-11-5-7-13-47(45)51/h2-32H,1H3. The van der Waals surface area contributed by atoms with Gasteiger partial charge in [0.1, 0.15) is 11.6 Å². The predicted molar refractivity (Wildman–Crippen MR) is 245 cm³/mol. The van der Waals surface area contributed by atoms with Crippen molar-refractivity contribution in [2.24, 2.45) is 0 Å². The summed E-state index contributed by atoms with van der Waals surface area (Å²) in [5.41, 5.74) is 9.01. The normalized spacial score (nSPS) is 12.0. The minimum absolute atomic E-state index is 0.284. The van der Waals surface area contributed by atoms with Gasteiger partial charge in [-0.25, -0.2) is 4.39 Å². The third-order valence-corrected chi connectivity index (χ3v) is 12.1. The quantitative estimate of drug-likeness (QED) is 0.0957. The molecule has 0 unspecified atom stereocenters. The molecule has 61 heavy (non-hydrogen) atoms. The highest BCUT2D eigenvalue weighted by atomic mass is 19.4. The second-order valence-corrected chi connectivity index (χ2v) is 15.7. The molecular formula is C56H34F4O. The number of benzene rings is 11. The van der Waals surface area contributed by atoms with Gasteiger partial charge < -0.3 is 4.74 Å². The molecule has 0 aliphatic heterocycles. The molecule has 11 rings (SSSR count). The maximum absolute atomic E-state index is 15.1. The van der Waals surface area contributed by atoms with Gasteiger partial charge in [0.25, 0.3) is 0 Å². The first-order valence-electron chi connectivity index (χ1n) is 20.2. The van der Waals surface area contributed by atoms with Crippen LogP contribution >= 0.6 is 0 Å². The van der Waals surface area contributed by atoms with E-state index < -0.39 is 6.36 Å². The zero-order valence-corrected chi connectivity index (χ0v) is 32.8. The molecule has 0 saturated carbocycles. The third kappa shape index (κ3) is 6.32. The molecule has 1 nitrogen and oxygen atoms in total. The Morgan fingerprint density at radius 1 is 0.361 bits per heavy atom. The highest BCUT2D eigenvalue weighted by molar-refractivity contribution is 6.29. The van der Waals surface area contributed by atoms with E-state index in [9.17, 15) is 13.2 Å². The van der Waals surface area contributed by atoms with E-state index in [1.807, 2.05) is 24.3 Å². The van der Waals surface area contributed by atoms with Crippen LogP contribution in [-0.2, 0) is 0 Å². The average molecular weight is 799 g/mol.